The number of hydrogen-bond acceptors (Lipinski definition) is 3. The Bertz CT molecular complexity index is 976. The van der Waals surface area contributed by atoms with Gasteiger partial charge in [-0.2, -0.15) is 0 Å². The molecule has 3 rings (SSSR count). The number of hydrogen-bond donors (Lipinski definition) is 2. The second-order valence-electron chi connectivity index (χ2n) is 5.19. The molecule has 0 bridgehead atoms. The Morgan fingerprint density at radius 2 is 1.78 bits per heavy atom. The first-order valence-corrected chi connectivity index (χ1v) is 7.49. The lowest BCUT2D eigenvalue weighted by atomic mass is 10.1. The smallest absolute Gasteiger partial charge is 0.327 e. The summed E-state index contributed by atoms with van der Waals surface area (Å²) in [5.74, 6) is -1.09. The Morgan fingerprint density at radius 3 is 2.48 bits per heavy atom. The standard InChI is InChI=1S/C17H14N2O3S/c20-15-12-8-4-5-9-13(12)18-17(23)19(15)14(16(21)22)10-11-6-2-1-3-7-11/h1-9,14H,10H2,(H,18,23)(H,21,22)/t14-/m0/s1. The molecule has 0 amide bonds. The number of para-hydroxylation sites is 1. The maximum Gasteiger partial charge on any atom is 0.327 e. The first-order valence-electron chi connectivity index (χ1n) is 7.08. The van der Waals surface area contributed by atoms with Gasteiger partial charge in [-0.05, 0) is 29.9 Å². The maximum atomic E-state index is 12.7. The highest BCUT2D eigenvalue weighted by Gasteiger charge is 2.23. The van der Waals surface area contributed by atoms with E-state index in [0.29, 0.717) is 10.9 Å². The van der Waals surface area contributed by atoms with Crippen LogP contribution in [0.1, 0.15) is 11.6 Å². The number of rotatable bonds is 4. The largest absolute Gasteiger partial charge is 0.480 e. The number of aromatic nitrogens is 2. The van der Waals surface area contributed by atoms with Crippen LogP contribution in [0.4, 0.5) is 0 Å². The molecule has 0 saturated carbocycles. The second-order valence-corrected chi connectivity index (χ2v) is 5.58. The number of aromatic amines is 1. The third kappa shape index (κ3) is 2.93. The van der Waals surface area contributed by atoms with Crippen LogP contribution in [0.15, 0.2) is 59.4 Å². The lowest BCUT2D eigenvalue weighted by Crippen LogP contribution is -2.32. The molecule has 2 N–H and O–H groups in total. The van der Waals surface area contributed by atoms with E-state index >= 15 is 0 Å². The number of fused-ring (bicyclic) bond motifs is 1. The Balaban J connectivity index is 2.17. The van der Waals surface area contributed by atoms with Gasteiger partial charge >= 0.3 is 5.97 Å². The molecule has 1 aromatic heterocycles. The molecule has 3 aromatic rings. The zero-order valence-electron chi connectivity index (χ0n) is 12.1. The van der Waals surface area contributed by atoms with Crippen molar-refractivity contribution in [1.82, 2.24) is 9.55 Å². The monoisotopic (exact) mass is 326 g/mol. The lowest BCUT2D eigenvalue weighted by molar-refractivity contribution is -0.141. The molecule has 0 aliphatic rings. The van der Waals surface area contributed by atoms with Gasteiger partial charge in [0.1, 0.15) is 6.04 Å². The van der Waals surface area contributed by atoms with Crippen molar-refractivity contribution >= 4 is 29.1 Å². The molecule has 23 heavy (non-hydrogen) atoms. The van der Waals surface area contributed by atoms with E-state index in [0.717, 1.165) is 10.1 Å². The number of carboxylic acid groups (broad SMARTS) is 1. The average molecular weight is 326 g/mol. The fourth-order valence-electron chi connectivity index (χ4n) is 2.59. The van der Waals surface area contributed by atoms with Crippen molar-refractivity contribution < 1.29 is 9.90 Å². The van der Waals surface area contributed by atoms with Crippen LogP contribution < -0.4 is 5.56 Å². The van der Waals surface area contributed by atoms with Gasteiger partial charge in [-0.15, -0.1) is 0 Å². The summed E-state index contributed by atoms with van der Waals surface area (Å²) in [6.07, 6.45) is 0.186. The quantitative estimate of drug-likeness (QED) is 0.723. The van der Waals surface area contributed by atoms with E-state index < -0.39 is 17.6 Å². The first kappa shape index (κ1) is 15.2. The van der Waals surface area contributed by atoms with E-state index in [1.54, 1.807) is 24.3 Å². The molecule has 6 heteroatoms. The van der Waals surface area contributed by atoms with Crippen molar-refractivity contribution in [2.45, 2.75) is 12.5 Å². The number of carboxylic acids is 1. The lowest BCUT2D eigenvalue weighted by Gasteiger charge is -2.16. The molecule has 0 saturated heterocycles. The Labute approximate surface area is 136 Å². The van der Waals surface area contributed by atoms with E-state index in [1.807, 2.05) is 30.3 Å². The van der Waals surface area contributed by atoms with Crippen molar-refractivity contribution in [1.29, 1.82) is 0 Å². The van der Waals surface area contributed by atoms with Crippen molar-refractivity contribution in [3.8, 4) is 0 Å². The number of aliphatic carboxylic acids is 1. The predicted octanol–water partition coefficient (Wildman–Crippen LogP) is 2.93. The molecule has 0 spiro atoms. The molecule has 116 valence electrons. The van der Waals surface area contributed by atoms with Crippen LogP contribution in [0.25, 0.3) is 10.9 Å². The molecule has 1 heterocycles. The number of carbonyl (C=O) groups is 1. The van der Waals surface area contributed by atoms with Crippen LogP contribution in [0.3, 0.4) is 0 Å². The average Bonchev–Trinajstić information content (AvgIpc) is 2.54. The maximum absolute atomic E-state index is 12.7. The van der Waals surface area contributed by atoms with Crippen LogP contribution in [0.2, 0.25) is 0 Å². The summed E-state index contributed by atoms with van der Waals surface area (Å²) >= 11 is 5.22. The minimum absolute atomic E-state index is 0.108. The summed E-state index contributed by atoms with van der Waals surface area (Å²) < 4.78 is 1.25. The first-order chi connectivity index (χ1) is 11.1. The predicted molar refractivity (Wildman–Crippen MR) is 90.2 cm³/mol. The Hall–Kier alpha value is -2.73. The molecule has 2 aromatic carbocycles. The Kier molecular flexibility index (Phi) is 4.08. The van der Waals surface area contributed by atoms with Gasteiger partial charge in [-0.25, -0.2) is 4.79 Å². The van der Waals surface area contributed by atoms with Crippen molar-refractivity contribution in [3.63, 3.8) is 0 Å². The topological polar surface area (TPSA) is 75.1 Å². The molecule has 0 unspecified atom stereocenters. The SMILES string of the molecule is O=C(O)[C@H](Cc1ccccc1)n1c(=S)[nH]c2ccccc2c1=O. The minimum Gasteiger partial charge on any atom is -0.480 e. The minimum atomic E-state index is -1.09. The van der Waals surface area contributed by atoms with Crippen molar-refractivity contribution in [3.05, 3.63) is 75.3 Å². The van der Waals surface area contributed by atoms with Gasteiger partial charge in [0.15, 0.2) is 4.77 Å². The summed E-state index contributed by atoms with van der Waals surface area (Å²) in [5.41, 5.74) is 1.03. The van der Waals surface area contributed by atoms with Crippen LogP contribution in [-0.2, 0) is 11.2 Å². The fourth-order valence-corrected chi connectivity index (χ4v) is 2.91. The fraction of sp³-hybridized carbons (Fsp3) is 0.118. The summed E-state index contributed by atoms with van der Waals surface area (Å²) in [6, 6.07) is 15.0. The third-order valence-corrected chi connectivity index (χ3v) is 4.00. The summed E-state index contributed by atoms with van der Waals surface area (Å²) in [7, 11) is 0. The molecular formula is C17H14N2O3S. The van der Waals surface area contributed by atoms with Crippen molar-refractivity contribution in [2.75, 3.05) is 0 Å². The van der Waals surface area contributed by atoms with Gasteiger partial charge in [-0.1, -0.05) is 42.5 Å². The highest BCUT2D eigenvalue weighted by Crippen LogP contribution is 2.15. The van der Waals surface area contributed by atoms with Crippen molar-refractivity contribution in [2.24, 2.45) is 0 Å². The van der Waals surface area contributed by atoms with Gasteiger partial charge in [0.2, 0.25) is 0 Å². The summed E-state index contributed by atoms with van der Waals surface area (Å²) in [5, 5.41) is 10.0. The van der Waals surface area contributed by atoms with Crippen LogP contribution in [0, 0.1) is 4.77 Å². The number of benzene rings is 2. The molecule has 0 aliphatic carbocycles. The Morgan fingerprint density at radius 1 is 1.13 bits per heavy atom. The zero-order valence-corrected chi connectivity index (χ0v) is 12.9. The zero-order chi connectivity index (χ0) is 16.4. The highest BCUT2D eigenvalue weighted by molar-refractivity contribution is 7.71. The summed E-state index contributed by atoms with van der Waals surface area (Å²) in [4.78, 5) is 27.4. The highest BCUT2D eigenvalue weighted by atomic mass is 32.1. The molecule has 0 aliphatic heterocycles. The van der Waals surface area contributed by atoms with Gasteiger partial charge in [0.25, 0.3) is 5.56 Å². The molecule has 1 atom stereocenters. The molecular weight excluding hydrogens is 312 g/mol. The second kappa shape index (κ2) is 6.18. The van der Waals surface area contributed by atoms with Gasteiger partial charge in [0.05, 0.1) is 10.9 Å². The van der Waals surface area contributed by atoms with Crippen LogP contribution in [-0.4, -0.2) is 20.6 Å². The van der Waals surface area contributed by atoms with Gasteiger partial charge < -0.3 is 10.1 Å². The van der Waals surface area contributed by atoms with E-state index in [9.17, 15) is 14.7 Å². The summed E-state index contributed by atoms with van der Waals surface area (Å²) in [6.45, 7) is 0. The molecule has 0 fully saturated rings. The van der Waals surface area contributed by atoms with Gasteiger partial charge in [0, 0.05) is 6.42 Å². The van der Waals surface area contributed by atoms with Crippen LogP contribution in [0.5, 0.6) is 0 Å². The van der Waals surface area contributed by atoms with Crippen LogP contribution >= 0.6 is 12.2 Å². The molecule has 0 radical (unpaired) electrons. The number of nitrogens with zero attached hydrogens (tertiary/aromatic N) is 1. The van der Waals surface area contributed by atoms with E-state index in [-0.39, 0.29) is 11.2 Å². The normalized spacial score (nSPS) is 12.2. The molecule has 5 nitrogen and oxygen atoms in total. The van der Waals surface area contributed by atoms with E-state index in [4.69, 9.17) is 12.2 Å². The third-order valence-electron chi connectivity index (χ3n) is 3.71. The number of H-pyrrole nitrogens is 1. The van der Waals surface area contributed by atoms with E-state index in [1.165, 1.54) is 0 Å². The number of nitrogens with one attached hydrogen (secondary N) is 1. The van der Waals surface area contributed by atoms with E-state index in [2.05, 4.69) is 4.98 Å². The van der Waals surface area contributed by atoms with Gasteiger partial charge in [-0.3, -0.25) is 9.36 Å².